The third kappa shape index (κ3) is 2.90. The van der Waals surface area contributed by atoms with Gasteiger partial charge in [-0.15, -0.1) is 0 Å². The van der Waals surface area contributed by atoms with Gasteiger partial charge in [-0.1, -0.05) is 0 Å². The molecular formula is C8H11F2N3O2. The lowest BCUT2D eigenvalue weighted by molar-refractivity contribution is 0.0521. The van der Waals surface area contributed by atoms with E-state index in [0.717, 1.165) is 0 Å². The van der Waals surface area contributed by atoms with Crippen LogP contribution >= 0.6 is 0 Å². The standard InChI is InChI=1S/C8H11F2N3O2/c1-2-15-8(14)6-7(11)13-5(12-6)3-4(9)10/h4H,2-3,11H2,1H3,(H,12,13). The zero-order valence-corrected chi connectivity index (χ0v) is 8.09. The molecule has 0 saturated carbocycles. The van der Waals surface area contributed by atoms with Crippen molar-refractivity contribution in [1.82, 2.24) is 9.97 Å². The fourth-order valence-electron chi connectivity index (χ4n) is 1.04. The summed E-state index contributed by atoms with van der Waals surface area (Å²) >= 11 is 0. The SMILES string of the molecule is CCOC(=O)c1[nH]c(CC(F)F)nc1N. The molecule has 3 N–H and O–H groups in total. The molecule has 84 valence electrons. The van der Waals surface area contributed by atoms with E-state index < -0.39 is 18.8 Å². The van der Waals surface area contributed by atoms with E-state index in [9.17, 15) is 13.6 Å². The van der Waals surface area contributed by atoms with Gasteiger partial charge in [0.15, 0.2) is 11.5 Å². The minimum atomic E-state index is -2.54. The smallest absolute Gasteiger partial charge is 0.358 e. The lowest BCUT2D eigenvalue weighted by atomic mass is 10.4. The van der Waals surface area contributed by atoms with E-state index in [2.05, 4.69) is 14.7 Å². The van der Waals surface area contributed by atoms with Gasteiger partial charge < -0.3 is 15.5 Å². The number of carbonyl (C=O) groups excluding carboxylic acids is 1. The minimum Gasteiger partial charge on any atom is -0.461 e. The Balaban J connectivity index is 2.81. The molecule has 0 saturated heterocycles. The normalized spacial score (nSPS) is 10.7. The molecule has 5 nitrogen and oxygen atoms in total. The second-order valence-electron chi connectivity index (χ2n) is 2.76. The molecular weight excluding hydrogens is 208 g/mol. The molecule has 0 radical (unpaired) electrons. The maximum atomic E-state index is 12.0. The topological polar surface area (TPSA) is 81.0 Å². The first-order valence-corrected chi connectivity index (χ1v) is 4.34. The van der Waals surface area contributed by atoms with Crippen molar-refractivity contribution in [2.75, 3.05) is 12.3 Å². The number of nitrogens with one attached hydrogen (secondary N) is 1. The predicted octanol–water partition coefficient (Wildman–Crippen LogP) is 0.976. The molecule has 0 atom stereocenters. The van der Waals surface area contributed by atoms with Crippen LogP contribution in [0.25, 0.3) is 0 Å². The summed E-state index contributed by atoms with van der Waals surface area (Å²) in [5, 5.41) is 0. The molecule has 0 aliphatic rings. The fourth-order valence-corrected chi connectivity index (χ4v) is 1.04. The summed E-state index contributed by atoms with van der Waals surface area (Å²) in [6, 6.07) is 0. The third-order valence-electron chi connectivity index (χ3n) is 1.61. The van der Waals surface area contributed by atoms with E-state index in [1.807, 2.05) is 0 Å². The summed E-state index contributed by atoms with van der Waals surface area (Å²) in [6.45, 7) is 1.81. The van der Waals surface area contributed by atoms with Crippen LogP contribution in [0.3, 0.4) is 0 Å². The third-order valence-corrected chi connectivity index (χ3v) is 1.61. The summed E-state index contributed by atoms with van der Waals surface area (Å²) in [5.41, 5.74) is 5.28. The molecule has 0 fully saturated rings. The number of nitrogen functional groups attached to an aromatic ring is 1. The van der Waals surface area contributed by atoms with E-state index in [1.165, 1.54) is 0 Å². The molecule has 1 aromatic heterocycles. The maximum Gasteiger partial charge on any atom is 0.358 e. The number of halogens is 2. The average molecular weight is 219 g/mol. The van der Waals surface area contributed by atoms with Crippen LogP contribution in [0, 0.1) is 0 Å². The lowest BCUT2D eigenvalue weighted by Crippen LogP contribution is -2.08. The van der Waals surface area contributed by atoms with Crippen LogP contribution in [0.4, 0.5) is 14.6 Å². The van der Waals surface area contributed by atoms with E-state index in [1.54, 1.807) is 6.92 Å². The Hall–Kier alpha value is -1.66. The molecule has 7 heteroatoms. The number of rotatable bonds is 4. The number of carbonyl (C=O) groups is 1. The van der Waals surface area contributed by atoms with Gasteiger partial charge in [0, 0.05) is 0 Å². The first kappa shape index (κ1) is 11.4. The molecule has 1 heterocycles. The van der Waals surface area contributed by atoms with Crippen LogP contribution < -0.4 is 5.73 Å². The van der Waals surface area contributed by atoms with Crippen molar-refractivity contribution in [2.24, 2.45) is 0 Å². The van der Waals surface area contributed by atoms with Crippen LogP contribution in [0.15, 0.2) is 0 Å². The average Bonchev–Trinajstić information content (AvgIpc) is 2.46. The van der Waals surface area contributed by atoms with Gasteiger partial charge in [0.05, 0.1) is 13.0 Å². The van der Waals surface area contributed by atoms with Gasteiger partial charge in [-0.2, -0.15) is 0 Å². The molecule has 0 bridgehead atoms. The number of ether oxygens (including phenoxy) is 1. The van der Waals surface area contributed by atoms with Crippen LogP contribution in [0.5, 0.6) is 0 Å². The molecule has 0 aliphatic carbocycles. The van der Waals surface area contributed by atoms with Gasteiger partial charge in [0.25, 0.3) is 0 Å². The number of nitrogens with two attached hydrogens (primary N) is 1. The van der Waals surface area contributed by atoms with Gasteiger partial charge in [0.1, 0.15) is 5.82 Å². The van der Waals surface area contributed by atoms with E-state index in [0.29, 0.717) is 0 Å². The summed E-state index contributed by atoms with van der Waals surface area (Å²) in [7, 11) is 0. The number of hydrogen-bond donors (Lipinski definition) is 2. The highest BCUT2D eigenvalue weighted by Gasteiger charge is 2.17. The number of aromatic amines is 1. The number of esters is 1. The molecule has 0 amide bonds. The van der Waals surface area contributed by atoms with Crippen LogP contribution in [0.1, 0.15) is 23.2 Å². The quantitative estimate of drug-likeness (QED) is 0.739. The van der Waals surface area contributed by atoms with Crippen molar-refractivity contribution in [3.63, 3.8) is 0 Å². The van der Waals surface area contributed by atoms with Crippen molar-refractivity contribution < 1.29 is 18.3 Å². The van der Waals surface area contributed by atoms with Crippen molar-refractivity contribution >= 4 is 11.8 Å². The van der Waals surface area contributed by atoms with E-state index in [4.69, 9.17) is 5.73 Å². The number of nitrogens with zero attached hydrogens (tertiary/aromatic N) is 1. The van der Waals surface area contributed by atoms with Crippen molar-refractivity contribution in [1.29, 1.82) is 0 Å². The molecule has 0 aromatic carbocycles. The van der Waals surface area contributed by atoms with Crippen molar-refractivity contribution in [3.8, 4) is 0 Å². The maximum absolute atomic E-state index is 12.0. The van der Waals surface area contributed by atoms with E-state index in [-0.39, 0.29) is 23.9 Å². The summed E-state index contributed by atoms with van der Waals surface area (Å²) < 4.78 is 28.6. The number of anilines is 1. The first-order valence-electron chi connectivity index (χ1n) is 4.34. The van der Waals surface area contributed by atoms with Gasteiger partial charge in [-0.3, -0.25) is 0 Å². The number of aromatic nitrogens is 2. The molecule has 15 heavy (non-hydrogen) atoms. The van der Waals surface area contributed by atoms with Crippen molar-refractivity contribution in [2.45, 2.75) is 19.8 Å². The van der Waals surface area contributed by atoms with Crippen molar-refractivity contribution in [3.05, 3.63) is 11.5 Å². The second-order valence-corrected chi connectivity index (χ2v) is 2.76. The Labute approximate surface area is 84.6 Å². The highest BCUT2D eigenvalue weighted by molar-refractivity contribution is 5.92. The van der Waals surface area contributed by atoms with Crippen LogP contribution in [-0.4, -0.2) is 29.0 Å². The number of H-pyrrole nitrogens is 1. The summed E-state index contributed by atoms with van der Waals surface area (Å²) in [5.74, 6) is -0.835. The molecule has 0 spiro atoms. The Morgan fingerprint density at radius 2 is 2.33 bits per heavy atom. The monoisotopic (exact) mass is 219 g/mol. The highest BCUT2D eigenvalue weighted by Crippen LogP contribution is 2.12. The summed E-state index contributed by atoms with van der Waals surface area (Å²) in [6.07, 6.45) is -3.10. The molecule has 0 aliphatic heterocycles. The zero-order chi connectivity index (χ0) is 11.4. The Kier molecular flexibility index (Phi) is 3.59. The second kappa shape index (κ2) is 4.72. The van der Waals surface area contributed by atoms with E-state index >= 15 is 0 Å². The minimum absolute atomic E-state index is 0.0226. The van der Waals surface area contributed by atoms with Crippen LogP contribution in [0.2, 0.25) is 0 Å². The van der Waals surface area contributed by atoms with Gasteiger partial charge in [-0.05, 0) is 6.92 Å². The summed E-state index contributed by atoms with van der Waals surface area (Å²) in [4.78, 5) is 17.2. The Bertz CT molecular complexity index is 352. The number of imidazole rings is 1. The molecule has 1 aromatic rings. The van der Waals surface area contributed by atoms with Crippen LogP contribution in [-0.2, 0) is 11.2 Å². The number of alkyl halides is 2. The highest BCUT2D eigenvalue weighted by atomic mass is 19.3. The molecule has 0 unspecified atom stereocenters. The first-order chi connectivity index (χ1) is 7.04. The fraction of sp³-hybridized carbons (Fsp3) is 0.500. The Morgan fingerprint density at radius 1 is 1.67 bits per heavy atom. The zero-order valence-electron chi connectivity index (χ0n) is 8.09. The Morgan fingerprint density at radius 3 is 2.87 bits per heavy atom. The largest absolute Gasteiger partial charge is 0.461 e. The molecule has 1 rings (SSSR count). The lowest BCUT2D eigenvalue weighted by Gasteiger charge is -1.98. The van der Waals surface area contributed by atoms with Gasteiger partial charge in [-0.25, -0.2) is 18.6 Å². The predicted molar refractivity (Wildman–Crippen MR) is 48.7 cm³/mol. The van der Waals surface area contributed by atoms with Gasteiger partial charge in [0.2, 0.25) is 6.43 Å². The van der Waals surface area contributed by atoms with Gasteiger partial charge >= 0.3 is 5.97 Å². The number of hydrogen-bond acceptors (Lipinski definition) is 4.